The van der Waals surface area contributed by atoms with Crippen LogP contribution in [0, 0.1) is 5.92 Å². The van der Waals surface area contributed by atoms with E-state index in [1.807, 2.05) is 0 Å². The fraction of sp³-hybridized carbons (Fsp3) is 0.150. The zero-order chi connectivity index (χ0) is 21.4. The number of hydrogen-bond acceptors (Lipinski definition) is 6. The van der Waals surface area contributed by atoms with Gasteiger partial charge in [0.15, 0.2) is 0 Å². The molecule has 2 aromatic rings. The summed E-state index contributed by atoms with van der Waals surface area (Å²) < 4.78 is 6.02. The molecule has 0 spiro atoms. The number of hydrogen-bond donors (Lipinski definition) is 4. The maximum Gasteiger partial charge on any atom is 0.414 e. The van der Waals surface area contributed by atoms with Crippen LogP contribution in [-0.2, 0) is 9.53 Å². The Hall–Kier alpha value is -3.17. The largest absolute Gasteiger partial charge is 0.508 e. The Morgan fingerprint density at radius 1 is 1.14 bits per heavy atom. The molecule has 0 aromatic heterocycles. The molecule has 0 saturated heterocycles. The summed E-state index contributed by atoms with van der Waals surface area (Å²) in [7, 11) is 0. The number of carbonyl (C=O) groups excluding carboxylic acids is 3. The van der Waals surface area contributed by atoms with Gasteiger partial charge in [-0.05, 0) is 30.3 Å². The van der Waals surface area contributed by atoms with E-state index in [4.69, 9.17) is 9.94 Å². The molecular formula is C20H19BrN2O6. The highest BCUT2D eigenvalue weighted by Crippen LogP contribution is 2.35. The van der Waals surface area contributed by atoms with Crippen molar-refractivity contribution in [3.8, 4) is 5.75 Å². The standard InChI is InChI=1S/C20H19BrN2O6/c1-12(7-10-17(25)23-28)18(15-11-14(21)8-9-16(15)24)29-20(27)22-19(26)13-5-3-2-4-6-13/h2-12,18,24,28H,1H3,(H,23,25)(H,22,26,27)/b10-7+/t12-,18+/m1/s1. The Balaban J connectivity index is 2.23. The molecule has 4 N–H and O–H groups in total. The molecule has 0 saturated carbocycles. The maximum atomic E-state index is 12.3. The maximum absolute atomic E-state index is 12.3. The van der Waals surface area contributed by atoms with Crippen LogP contribution in [0.25, 0.3) is 0 Å². The Bertz CT molecular complexity index is 916. The van der Waals surface area contributed by atoms with E-state index >= 15 is 0 Å². The molecule has 8 nitrogen and oxygen atoms in total. The van der Waals surface area contributed by atoms with E-state index in [-0.39, 0.29) is 16.9 Å². The molecule has 152 valence electrons. The van der Waals surface area contributed by atoms with Gasteiger partial charge in [0.2, 0.25) is 0 Å². The molecule has 2 atom stereocenters. The number of carbonyl (C=O) groups is 3. The molecule has 0 radical (unpaired) electrons. The van der Waals surface area contributed by atoms with Crippen molar-refractivity contribution in [3.63, 3.8) is 0 Å². The second-order valence-corrected chi connectivity index (χ2v) is 6.96. The smallest absolute Gasteiger partial charge is 0.414 e. The van der Waals surface area contributed by atoms with Crippen LogP contribution >= 0.6 is 15.9 Å². The van der Waals surface area contributed by atoms with Gasteiger partial charge in [-0.1, -0.05) is 47.1 Å². The van der Waals surface area contributed by atoms with Crippen LogP contribution in [0.5, 0.6) is 5.75 Å². The van der Waals surface area contributed by atoms with Gasteiger partial charge in [0, 0.05) is 27.6 Å². The number of rotatable bonds is 6. The minimum Gasteiger partial charge on any atom is -0.508 e. The number of amides is 3. The fourth-order valence-corrected chi connectivity index (χ4v) is 2.86. The minimum atomic E-state index is -1.03. The third-order valence-corrected chi connectivity index (χ3v) is 4.41. The fourth-order valence-electron chi connectivity index (χ4n) is 2.48. The summed E-state index contributed by atoms with van der Waals surface area (Å²) in [6.07, 6.45) is 0.403. The summed E-state index contributed by atoms with van der Waals surface area (Å²) in [5, 5.41) is 20.9. The van der Waals surface area contributed by atoms with Gasteiger partial charge in [-0.2, -0.15) is 0 Å². The van der Waals surface area contributed by atoms with Crippen LogP contribution in [0.2, 0.25) is 0 Å². The average Bonchev–Trinajstić information content (AvgIpc) is 2.72. The van der Waals surface area contributed by atoms with Gasteiger partial charge in [-0.15, -0.1) is 0 Å². The van der Waals surface area contributed by atoms with Crippen LogP contribution in [-0.4, -0.2) is 28.2 Å². The summed E-state index contributed by atoms with van der Waals surface area (Å²) in [6, 6.07) is 12.7. The molecular weight excluding hydrogens is 444 g/mol. The number of aromatic hydroxyl groups is 1. The molecule has 0 aliphatic heterocycles. The zero-order valence-electron chi connectivity index (χ0n) is 15.3. The Kier molecular flexibility index (Phi) is 7.93. The average molecular weight is 463 g/mol. The normalized spacial score (nSPS) is 12.8. The molecule has 0 aliphatic rings. The molecule has 0 aliphatic carbocycles. The lowest BCUT2D eigenvalue weighted by molar-refractivity contribution is -0.124. The summed E-state index contributed by atoms with van der Waals surface area (Å²) in [4.78, 5) is 35.7. The number of imide groups is 1. The number of ether oxygens (including phenoxy) is 1. The third kappa shape index (κ3) is 6.44. The predicted molar refractivity (Wildman–Crippen MR) is 107 cm³/mol. The van der Waals surface area contributed by atoms with Crippen LogP contribution < -0.4 is 10.8 Å². The van der Waals surface area contributed by atoms with Crippen molar-refractivity contribution in [2.75, 3.05) is 0 Å². The highest BCUT2D eigenvalue weighted by Gasteiger charge is 2.26. The van der Waals surface area contributed by atoms with Crippen molar-refractivity contribution in [1.29, 1.82) is 0 Å². The molecule has 2 rings (SSSR count). The van der Waals surface area contributed by atoms with Crippen LogP contribution in [0.3, 0.4) is 0 Å². The molecule has 9 heteroatoms. The van der Waals surface area contributed by atoms with E-state index in [9.17, 15) is 19.5 Å². The number of nitrogens with one attached hydrogen (secondary N) is 2. The summed E-state index contributed by atoms with van der Waals surface area (Å²) in [5.41, 5.74) is 2.00. The summed E-state index contributed by atoms with van der Waals surface area (Å²) >= 11 is 3.29. The molecule has 29 heavy (non-hydrogen) atoms. The number of alkyl carbamates (subject to hydrolysis) is 1. The Morgan fingerprint density at radius 3 is 2.48 bits per heavy atom. The van der Waals surface area contributed by atoms with Crippen molar-refractivity contribution in [1.82, 2.24) is 10.8 Å². The lowest BCUT2D eigenvalue weighted by atomic mass is 9.96. The molecule has 2 aromatic carbocycles. The van der Waals surface area contributed by atoms with Crippen LogP contribution in [0.4, 0.5) is 4.79 Å². The van der Waals surface area contributed by atoms with Gasteiger partial charge >= 0.3 is 6.09 Å². The van der Waals surface area contributed by atoms with E-state index in [0.29, 0.717) is 4.47 Å². The van der Waals surface area contributed by atoms with Crippen molar-refractivity contribution in [3.05, 3.63) is 76.3 Å². The second-order valence-electron chi connectivity index (χ2n) is 6.04. The van der Waals surface area contributed by atoms with Gasteiger partial charge in [0.25, 0.3) is 11.8 Å². The lowest BCUT2D eigenvalue weighted by Gasteiger charge is -2.23. The van der Waals surface area contributed by atoms with Crippen LogP contribution in [0.15, 0.2) is 65.2 Å². The van der Waals surface area contributed by atoms with Gasteiger partial charge in [0.05, 0.1) is 0 Å². The van der Waals surface area contributed by atoms with Gasteiger partial charge < -0.3 is 9.84 Å². The van der Waals surface area contributed by atoms with Crippen molar-refractivity contribution in [2.45, 2.75) is 13.0 Å². The number of phenolic OH excluding ortho intramolecular Hbond substituents is 1. The Morgan fingerprint density at radius 2 is 1.83 bits per heavy atom. The number of halogens is 1. The zero-order valence-corrected chi connectivity index (χ0v) is 16.9. The number of hydroxylamine groups is 1. The molecule has 0 unspecified atom stereocenters. The van der Waals surface area contributed by atoms with Crippen molar-refractivity contribution < 1.29 is 29.4 Å². The summed E-state index contributed by atoms with van der Waals surface area (Å²) in [5.74, 6) is -2.13. The Labute approximate surface area is 175 Å². The SMILES string of the molecule is C[C@H](/C=C/C(=O)NO)[C@H](OC(=O)NC(=O)c1ccccc1)c1cc(Br)ccc1O. The quantitative estimate of drug-likeness (QED) is 0.296. The van der Waals surface area contributed by atoms with E-state index in [2.05, 4.69) is 21.2 Å². The van der Waals surface area contributed by atoms with Crippen molar-refractivity contribution >= 4 is 33.8 Å². The van der Waals surface area contributed by atoms with Gasteiger partial charge in [-0.25, -0.2) is 10.3 Å². The second kappa shape index (κ2) is 10.4. The summed E-state index contributed by atoms with van der Waals surface area (Å²) in [6.45, 7) is 1.64. The molecule has 0 heterocycles. The molecule has 0 fully saturated rings. The first-order valence-corrected chi connectivity index (χ1v) is 9.28. The monoisotopic (exact) mass is 462 g/mol. The first-order valence-electron chi connectivity index (χ1n) is 8.49. The van der Waals surface area contributed by atoms with Crippen molar-refractivity contribution in [2.24, 2.45) is 5.92 Å². The number of benzene rings is 2. The van der Waals surface area contributed by atoms with E-state index < -0.39 is 29.9 Å². The highest BCUT2D eigenvalue weighted by molar-refractivity contribution is 9.10. The number of phenols is 1. The third-order valence-electron chi connectivity index (χ3n) is 3.92. The predicted octanol–water partition coefficient (Wildman–Crippen LogP) is 3.46. The van der Waals surface area contributed by atoms with E-state index in [0.717, 1.165) is 6.08 Å². The highest BCUT2D eigenvalue weighted by atomic mass is 79.9. The first-order chi connectivity index (χ1) is 13.8. The van der Waals surface area contributed by atoms with E-state index in [1.165, 1.54) is 17.6 Å². The van der Waals surface area contributed by atoms with Gasteiger partial charge in [0.1, 0.15) is 11.9 Å². The molecule has 0 bridgehead atoms. The molecule has 3 amide bonds. The lowest BCUT2D eigenvalue weighted by Crippen LogP contribution is -2.33. The topological polar surface area (TPSA) is 125 Å². The van der Waals surface area contributed by atoms with Gasteiger partial charge in [-0.3, -0.25) is 20.1 Å². The first kappa shape index (κ1) is 22.1. The minimum absolute atomic E-state index is 0.132. The van der Waals surface area contributed by atoms with Crippen LogP contribution in [0.1, 0.15) is 28.9 Å². The van der Waals surface area contributed by atoms with E-state index in [1.54, 1.807) is 49.4 Å².